The highest BCUT2D eigenvalue weighted by molar-refractivity contribution is 6.06. The zero-order valence-electron chi connectivity index (χ0n) is 10.3. The number of fused-ring (bicyclic) bond motifs is 1. The highest BCUT2D eigenvalue weighted by Crippen LogP contribution is 2.11. The Morgan fingerprint density at radius 1 is 1.39 bits per heavy atom. The minimum atomic E-state index is -0.575. The second kappa shape index (κ2) is 4.52. The van der Waals surface area contributed by atoms with Crippen LogP contribution in [0.5, 0.6) is 0 Å². The molecule has 0 aromatic carbocycles. The van der Waals surface area contributed by atoms with Gasteiger partial charge in [0.05, 0.1) is 18.4 Å². The molecular weight excluding hydrogens is 236 g/mol. The molecule has 0 fully saturated rings. The van der Waals surface area contributed by atoms with E-state index in [1.165, 1.54) is 17.8 Å². The number of Topliss-reactive ketones (excluding diaryl/α,β-unsaturated/α-hetero) is 1. The van der Waals surface area contributed by atoms with Crippen molar-refractivity contribution in [1.29, 1.82) is 0 Å². The zero-order chi connectivity index (χ0) is 13.3. The third-order valence-electron chi connectivity index (χ3n) is 2.55. The van der Waals surface area contributed by atoms with Crippen molar-refractivity contribution in [3.8, 4) is 0 Å². The molecule has 0 amide bonds. The molecule has 0 atom stereocenters. The average molecular weight is 248 g/mol. The Bertz CT molecular complexity index is 632. The quantitative estimate of drug-likeness (QED) is 0.446. The number of nitrogens with zero attached hydrogens (tertiary/aromatic N) is 4. The summed E-state index contributed by atoms with van der Waals surface area (Å²) in [5.74, 6) is 0.0824. The van der Waals surface area contributed by atoms with Crippen LogP contribution >= 0.6 is 0 Å². The van der Waals surface area contributed by atoms with Gasteiger partial charge in [-0.25, -0.2) is 9.50 Å². The van der Waals surface area contributed by atoms with Crippen LogP contribution in [0.1, 0.15) is 28.3 Å². The lowest BCUT2D eigenvalue weighted by Crippen LogP contribution is -2.13. The van der Waals surface area contributed by atoms with Gasteiger partial charge in [-0.2, -0.15) is 10.1 Å². The summed E-state index contributed by atoms with van der Waals surface area (Å²) in [6.07, 6.45) is 1.10. The van der Waals surface area contributed by atoms with E-state index >= 15 is 0 Å². The van der Waals surface area contributed by atoms with E-state index in [1.54, 1.807) is 13.8 Å². The second-order valence-corrected chi connectivity index (χ2v) is 3.80. The smallest absolute Gasteiger partial charge is 0.313 e. The normalized spacial score (nSPS) is 10.6. The number of hydrogen-bond donors (Lipinski definition) is 0. The molecule has 7 heteroatoms. The fourth-order valence-electron chi connectivity index (χ4n) is 1.61. The zero-order valence-corrected chi connectivity index (χ0v) is 10.3. The molecule has 2 heterocycles. The van der Waals surface area contributed by atoms with Gasteiger partial charge in [-0.15, -0.1) is 0 Å². The SMILES string of the molecule is COC(=O)CC(=O)c1cnc2nc(C)nn2c1C. The topological polar surface area (TPSA) is 86.5 Å². The molecule has 0 aliphatic heterocycles. The summed E-state index contributed by atoms with van der Waals surface area (Å²) in [7, 11) is 1.24. The van der Waals surface area contributed by atoms with Gasteiger partial charge in [0.25, 0.3) is 5.78 Å². The Hall–Kier alpha value is -2.31. The van der Waals surface area contributed by atoms with E-state index in [2.05, 4.69) is 19.8 Å². The first-order chi connectivity index (χ1) is 8.52. The number of methoxy groups -OCH3 is 1. The lowest BCUT2D eigenvalue weighted by Gasteiger charge is -2.04. The third kappa shape index (κ3) is 2.06. The summed E-state index contributed by atoms with van der Waals surface area (Å²) in [5, 5.41) is 4.13. The van der Waals surface area contributed by atoms with Gasteiger partial charge in [0.1, 0.15) is 12.2 Å². The minimum absolute atomic E-state index is 0.307. The molecule has 0 spiro atoms. The molecule has 0 bridgehead atoms. The monoisotopic (exact) mass is 248 g/mol. The molecule has 94 valence electrons. The Morgan fingerprint density at radius 3 is 2.78 bits per heavy atom. The van der Waals surface area contributed by atoms with Crippen molar-refractivity contribution >= 4 is 17.5 Å². The predicted octanol–water partition coefficient (Wildman–Crippen LogP) is 0.487. The van der Waals surface area contributed by atoms with Gasteiger partial charge < -0.3 is 4.74 Å². The standard InChI is InChI=1S/C11H12N4O3/c1-6-8(9(16)4-10(17)18-3)5-12-11-13-7(2)14-15(6)11/h5H,4H2,1-3H3. The number of carbonyl (C=O) groups is 2. The maximum absolute atomic E-state index is 11.9. The van der Waals surface area contributed by atoms with Gasteiger partial charge in [0.15, 0.2) is 5.78 Å². The summed E-state index contributed by atoms with van der Waals surface area (Å²) in [5.41, 5.74) is 0.951. The van der Waals surface area contributed by atoms with E-state index in [0.717, 1.165) is 0 Å². The molecule has 0 saturated heterocycles. The molecule has 0 aliphatic rings. The van der Waals surface area contributed by atoms with E-state index in [1.807, 2.05) is 0 Å². The highest BCUT2D eigenvalue weighted by atomic mass is 16.5. The van der Waals surface area contributed by atoms with Gasteiger partial charge in [0, 0.05) is 6.20 Å². The van der Waals surface area contributed by atoms with E-state index in [9.17, 15) is 9.59 Å². The molecule has 2 rings (SSSR count). The lowest BCUT2D eigenvalue weighted by atomic mass is 10.1. The third-order valence-corrected chi connectivity index (χ3v) is 2.55. The molecule has 18 heavy (non-hydrogen) atoms. The molecule has 0 unspecified atom stereocenters. The van der Waals surface area contributed by atoms with E-state index < -0.39 is 5.97 Å². The van der Waals surface area contributed by atoms with E-state index in [0.29, 0.717) is 22.9 Å². The van der Waals surface area contributed by atoms with E-state index in [-0.39, 0.29) is 12.2 Å². The van der Waals surface area contributed by atoms with Gasteiger partial charge in [-0.1, -0.05) is 0 Å². The Morgan fingerprint density at radius 2 is 2.11 bits per heavy atom. The second-order valence-electron chi connectivity index (χ2n) is 3.80. The fraction of sp³-hybridized carbons (Fsp3) is 0.364. The molecule has 0 radical (unpaired) electrons. The highest BCUT2D eigenvalue weighted by Gasteiger charge is 2.17. The summed E-state index contributed by atoms with van der Waals surface area (Å²) in [6.45, 7) is 3.47. The van der Waals surface area contributed by atoms with Crippen LogP contribution in [-0.4, -0.2) is 38.4 Å². The largest absolute Gasteiger partial charge is 0.469 e. The summed E-state index contributed by atoms with van der Waals surface area (Å²) < 4.78 is 5.94. The summed E-state index contributed by atoms with van der Waals surface area (Å²) >= 11 is 0. The van der Waals surface area contributed by atoms with Crippen LogP contribution in [0.2, 0.25) is 0 Å². The van der Waals surface area contributed by atoms with Gasteiger partial charge in [-0.05, 0) is 13.8 Å². The number of esters is 1. The molecule has 0 aliphatic carbocycles. The summed E-state index contributed by atoms with van der Waals surface area (Å²) in [6, 6.07) is 0. The van der Waals surface area contributed by atoms with Crippen LogP contribution < -0.4 is 0 Å². The van der Waals surface area contributed by atoms with Crippen LogP contribution in [0.25, 0.3) is 5.78 Å². The van der Waals surface area contributed by atoms with Gasteiger partial charge in [-0.3, -0.25) is 9.59 Å². The first-order valence-electron chi connectivity index (χ1n) is 5.32. The minimum Gasteiger partial charge on any atom is -0.469 e. The van der Waals surface area contributed by atoms with Crippen molar-refractivity contribution in [2.75, 3.05) is 7.11 Å². The van der Waals surface area contributed by atoms with Crippen molar-refractivity contribution in [3.63, 3.8) is 0 Å². The first-order valence-corrected chi connectivity index (χ1v) is 5.32. The number of aromatic nitrogens is 4. The average Bonchev–Trinajstić information content (AvgIpc) is 2.70. The van der Waals surface area contributed by atoms with Crippen molar-refractivity contribution in [3.05, 3.63) is 23.3 Å². The van der Waals surface area contributed by atoms with Crippen LogP contribution in [-0.2, 0) is 9.53 Å². The summed E-state index contributed by atoms with van der Waals surface area (Å²) in [4.78, 5) is 31.1. The Labute approximate surface area is 103 Å². The van der Waals surface area contributed by atoms with Crippen molar-refractivity contribution in [2.24, 2.45) is 0 Å². The Kier molecular flexibility index (Phi) is 3.05. The predicted molar refractivity (Wildman–Crippen MR) is 61.2 cm³/mol. The van der Waals surface area contributed by atoms with Crippen LogP contribution in [0, 0.1) is 13.8 Å². The van der Waals surface area contributed by atoms with Crippen LogP contribution in [0.3, 0.4) is 0 Å². The number of rotatable bonds is 3. The maximum atomic E-state index is 11.9. The van der Waals surface area contributed by atoms with Crippen LogP contribution in [0.15, 0.2) is 6.20 Å². The number of carbonyl (C=O) groups excluding carboxylic acids is 2. The number of aryl methyl sites for hydroxylation is 2. The van der Waals surface area contributed by atoms with Gasteiger partial charge >= 0.3 is 5.97 Å². The lowest BCUT2D eigenvalue weighted by molar-refractivity contribution is -0.139. The Balaban J connectivity index is 2.42. The number of ether oxygens (including phenoxy) is 1. The van der Waals surface area contributed by atoms with Crippen LogP contribution in [0.4, 0.5) is 0 Å². The van der Waals surface area contributed by atoms with Gasteiger partial charge in [0.2, 0.25) is 0 Å². The van der Waals surface area contributed by atoms with Crippen molar-refractivity contribution < 1.29 is 14.3 Å². The molecule has 0 N–H and O–H groups in total. The van der Waals surface area contributed by atoms with E-state index in [4.69, 9.17) is 0 Å². The first kappa shape index (κ1) is 12.2. The molecule has 2 aromatic heterocycles. The molecule has 2 aromatic rings. The maximum Gasteiger partial charge on any atom is 0.313 e. The fourth-order valence-corrected chi connectivity index (χ4v) is 1.61. The molecule has 7 nitrogen and oxygen atoms in total. The van der Waals surface area contributed by atoms with Crippen molar-refractivity contribution in [2.45, 2.75) is 20.3 Å². The number of ketones is 1. The molecule has 0 saturated carbocycles. The number of hydrogen-bond acceptors (Lipinski definition) is 6. The molecular formula is C11H12N4O3. The van der Waals surface area contributed by atoms with Crippen molar-refractivity contribution in [1.82, 2.24) is 19.6 Å².